The molecule has 0 radical (unpaired) electrons. The van der Waals surface area contributed by atoms with Crippen LogP contribution in [0.3, 0.4) is 0 Å². The van der Waals surface area contributed by atoms with Gasteiger partial charge >= 0.3 is 0 Å². The van der Waals surface area contributed by atoms with E-state index in [9.17, 15) is 0 Å². The highest BCUT2D eigenvalue weighted by molar-refractivity contribution is 7.19. The van der Waals surface area contributed by atoms with Gasteiger partial charge in [0.2, 0.25) is 0 Å². The number of nitrogen functional groups attached to an aromatic ring is 2. The first-order chi connectivity index (χ1) is 8.02. The number of nitrogens with zero attached hydrogens (tertiary/aromatic N) is 1. The molecule has 0 fully saturated rings. The van der Waals surface area contributed by atoms with Crippen LogP contribution in [0, 0.1) is 6.92 Å². The standard InChI is InChI=1S/C11H12ClN3OS/c1-5-3-6(12)4-7(9(5)16-2)8-10(13)17-11(14)15-8/h3-4H,13H2,1-2H3,(H2,14,15). The fraction of sp³-hybridized carbons (Fsp3) is 0.182. The van der Waals surface area contributed by atoms with Gasteiger partial charge in [0.15, 0.2) is 5.13 Å². The maximum atomic E-state index is 6.04. The third-order valence-electron chi connectivity index (χ3n) is 2.37. The lowest BCUT2D eigenvalue weighted by atomic mass is 10.1. The number of anilines is 2. The predicted molar refractivity (Wildman–Crippen MR) is 72.7 cm³/mol. The van der Waals surface area contributed by atoms with Gasteiger partial charge in [0, 0.05) is 10.6 Å². The molecule has 0 amide bonds. The van der Waals surface area contributed by atoms with E-state index >= 15 is 0 Å². The lowest BCUT2D eigenvalue weighted by molar-refractivity contribution is 0.413. The average Bonchev–Trinajstić information content (AvgIpc) is 2.56. The Hall–Kier alpha value is -1.46. The molecule has 0 aliphatic rings. The van der Waals surface area contributed by atoms with Crippen LogP contribution >= 0.6 is 22.9 Å². The lowest BCUT2D eigenvalue weighted by Gasteiger charge is -2.10. The highest BCUT2D eigenvalue weighted by Crippen LogP contribution is 2.40. The molecule has 4 nitrogen and oxygen atoms in total. The SMILES string of the molecule is COc1c(C)cc(Cl)cc1-c1nc(N)sc1N. The molecule has 4 N–H and O–H groups in total. The number of hydrogen-bond donors (Lipinski definition) is 2. The zero-order valence-electron chi connectivity index (χ0n) is 9.45. The number of nitrogens with two attached hydrogens (primary N) is 2. The van der Waals surface area contributed by atoms with Crippen LogP contribution in [0.1, 0.15) is 5.56 Å². The van der Waals surface area contributed by atoms with Crippen molar-refractivity contribution in [2.45, 2.75) is 6.92 Å². The summed E-state index contributed by atoms with van der Waals surface area (Å²) in [5.74, 6) is 0.714. The van der Waals surface area contributed by atoms with Crippen molar-refractivity contribution in [3.05, 3.63) is 22.7 Å². The van der Waals surface area contributed by atoms with Gasteiger partial charge in [-0.25, -0.2) is 4.98 Å². The van der Waals surface area contributed by atoms with Crippen molar-refractivity contribution in [1.82, 2.24) is 4.98 Å². The van der Waals surface area contributed by atoms with E-state index in [4.69, 9.17) is 27.8 Å². The van der Waals surface area contributed by atoms with Crippen LogP contribution in [-0.4, -0.2) is 12.1 Å². The summed E-state index contributed by atoms with van der Waals surface area (Å²) >= 11 is 7.28. The molecule has 2 aromatic rings. The molecule has 0 bridgehead atoms. The van der Waals surface area contributed by atoms with Gasteiger partial charge in [-0.1, -0.05) is 22.9 Å². The molecule has 0 unspecified atom stereocenters. The molecule has 0 aliphatic heterocycles. The maximum absolute atomic E-state index is 6.04. The summed E-state index contributed by atoms with van der Waals surface area (Å²) in [6.45, 7) is 1.92. The summed E-state index contributed by atoms with van der Waals surface area (Å²) in [5, 5.41) is 1.60. The molecule has 6 heteroatoms. The van der Waals surface area contributed by atoms with E-state index in [2.05, 4.69) is 4.98 Å². The van der Waals surface area contributed by atoms with Gasteiger partial charge in [0.25, 0.3) is 0 Å². The minimum Gasteiger partial charge on any atom is -0.496 e. The smallest absolute Gasteiger partial charge is 0.182 e. The molecule has 1 aromatic carbocycles. The Morgan fingerprint density at radius 3 is 2.59 bits per heavy atom. The van der Waals surface area contributed by atoms with E-state index in [0.717, 1.165) is 11.1 Å². The Morgan fingerprint density at radius 1 is 1.35 bits per heavy atom. The minimum atomic E-state index is 0.428. The van der Waals surface area contributed by atoms with E-state index in [1.165, 1.54) is 11.3 Å². The summed E-state index contributed by atoms with van der Waals surface area (Å²) in [5.41, 5.74) is 13.8. The van der Waals surface area contributed by atoms with E-state index in [1.54, 1.807) is 13.2 Å². The number of thiazole rings is 1. The van der Waals surface area contributed by atoms with Crippen LogP contribution in [-0.2, 0) is 0 Å². The average molecular weight is 270 g/mol. The van der Waals surface area contributed by atoms with Crippen molar-refractivity contribution in [1.29, 1.82) is 0 Å². The molecule has 2 rings (SSSR count). The Labute approximate surface area is 108 Å². The van der Waals surface area contributed by atoms with Gasteiger partial charge in [-0.15, -0.1) is 0 Å². The molecule has 1 aromatic heterocycles. The third kappa shape index (κ3) is 2.16. The largest absolute Gasteiger partial charge is 0.496 e. The minimum absolute atomic E-state index is 0.428. The Kier molecular flexibility index (Phi) is 3.13. The van der Waals surface area contributed by atoms with Gasteiger partial charge in [-0.05, 0) is 24.6 Å². The number of rotatable bonds is 2. The molecule has 0 saturated heterocycles. The quantitative estimate of drug-likeness (QED) is 0.879. The van der Waals surface area contributed by atoms with Crippen LogP contribution in [0.2, 0.25) is 5.02 Å². The first-order valence-electron chi connectivity index (χ1n) is 4.89. The lowest BCUT2D eigenvalue weighted by Crippen LogP contribution is -1.94. The summed E-state index contributed by atoms with van der Waals surface area (Å²) in [6.07, 6.45) is 0. The third-order valence-corrected chi connectivity index (χ3v) is 3.30. The van der Waals surface area contributed by atoms with Crippen LogP contribution in [0.25, 0.3) is 11.3 Å². The normalized spacial score (nSPS) is 10.5. The number of methoxy groups -OCH3 is 1. The van der Waals surface area contributed by atoms with Crippen molar-refractivity contribution in [3.63, 3.8) is 0 Å². The molecular weight excluding hydrogens is 258 g/mol. The fourth-order valence-electron chi connectivity index (χ4n) is 1.72. The van der Waals surface area contributed by atoms with Gasteiger partial charge in [-0.2, -0.15) is 0 Å². The van der Waals surface area contributed by atoms with Gasteiger partial charge in [0.05, 0.1) is 7.11 Å². The summed E-state index contributed by atoms with van der Waals surface area (Å²) in [6, 6.07) is 3.61. The number of aromatic nitrogens is 1. The van der Waals surface area contributed by atoms with Crippen molar-refractivity contribution in [2.24, 2.45) is 0 Å². The van der Waals surface area contributed by atoms with Crippen LogP contribution < -0.4 is 16.2 Å². The number of hydrogen-bond acceptors (Lipinski definition) is 5. The molecule has 0 aliphatic carbocycles. The molecule has 1 heterocycles. The number of halogens is 1. The summed E-state index contributed by atoms with van der Waals surface area (Å²) in [7, 11) is 1.60. The fourth-order valence-corrected chi connectivity index (χ4v) is 2.61. The maximum Gasteiger partial charge on any atom is 0.182 e. The second-order valence-corrected chi connectivity index (χ2v) is 5.07. The number of benzene rings is 1. The topological polar surface area (TPSA) is 74.2 Å². The first kappa shape index (κ1) is 12.0. The van der Waals surface area contributed by atoms with Crippen molar-refractivity contribution in [3.8, 4) is 17.0 Å². The summed E-state index contributed by atoms with van der Waals surface area (Å²) < 4.78 is 5.36. The van der Waals surface area contributed by atoms with Gasteiger partial charge < -0.3 is 16.2 Å². The molecular formula is C11H12ClN3OS. The van der Waals surface area contributed by atoms with E-state index in [0.29, 0.717) is 26.6 Å². The Bertz CT molecular complexity index is 568. The number of aryl methyl sites for hydroxylation is 1. The van der Waals surface area contributed by atoms with E-state index < -0.39 is 0 Å². The molecule has 0 saturated carbocycles. The zero-order valence-corrected chi connectivity index (χ0v) is 11.0. The molecule has 0 spiro atoms. The predicted octanol–water partition coefficient (Wildman–Crippen LogP) is 2.94. The Morgan fingerprint density at radius 2 is 2.06 bits per heavy atom. The van der Waals surface area contributed by atoms with Gasteiger partial charge in [-0.3, -0.25) is 0 Å². The van der Waals surface area contributed by atoms with E-state index in [-0.39, 0.29) is 0 Å². The monoisotopic (exact) mass is 269 g/mol. The van der Waals surface area contributed by atoms with E-state index in [1.807, 2.05) is 13.0 Å². The summed E-state index contributed by atoms with van der Waals surface area (Å²) in [4.78, 5) is 4.20. The molecule has 90 valence electrons. The van der Waals surface area contributed by atoms with Crippen molar-refractivity contribution in [2.75, 3.05) is 18.6 Å². The van der Waals surface area contributed by atoms with Crippen LogP contribution in [0.15, 0.2) is 12.1 Å². The Balaban J connectivity index is 2.69. The highest BCUT2D eigenvalue weighted by atomic mass is 35.5. The number of ether oxygens (including phenoxy) is 1. The zero-order chi connectivity index (χ0) is 12.6. The van der Waals surface area contributed by atoms with Gasteiger partial charge in [0.1, 0.15) is 16.4 Å². The van der Waals surface area contributed by atoms with Crippen LogP contribution in [0.4, 0.5) is 10.1 Å². The van der Waals surface area contributed by atoms with Crippen LogP contribution in [0.5, 0.6) is 5.75 Å². The molecule has 17 heavy (non-hydrogen) atoms. The second-order valence-electron chi connectivity index (χ2n) is 3.57. The van der Waals surface area contributed by atoms with Crippen molar-refractivity contribution >= 4 is 33.1 Å². The molecule has 0 atom stereocenters. The highest BCUT2D eigenvalue weighted by Gasteiger charge is 2.16. The first-order valence-corrected chi connectivity index (χ1v) is 6.08. The second kappa shape index (κ2) is 4.43. The van der Waals surface area contributed by atoms with Crippen molar-refractivity contribution < 1.29 is 4.74 Å².